The number of benzene rings is 2. The number of amides is 2. The van der Waals surface area contributed by atoms with Gasteiger partial charge in [0, 0.05) is 10.6 Å². The first-order valence-electron chi connectivity index (χ1n) is 7.85. The van der Waals surface area contributed by atoms with E-state index < -0.39 is 5.91 Å². The van der Waals surface area contributed by atoms with Gasteiger partial charge in [0.25, 0.3) is 5.91 Å². The largest absolute Gasteiger partial charge is 0.494 e. The number of thiocarbonyl (C=S) groups is 1. The quantitative estimate of drug-likeness (QED) is 0.539. The maximum absolute atomic E-state index is 12.1. The lowest BCUT2D eigenvalue weighted by molar-refractivity contribution is -0.121. The summed E-state index contributed by atoms with van der Waals surface area (Å²) in [5.41, 5.74) is 6.15. The van der Waals surface area contributed by atoms with Crippen LogP contribution in [0.15, 0.2) is 48.5 Å². The van der Waals surface area contributed by atoms with Gasteiger partial charge in [-0.05, 0) is 61.1 Å². The van der Waals surface area contributed by atoms with Gasteiger partial charge >= 0.3 is 0 Å². The highest BCUT2D eigenvalue weighted by molar-refractivity contribution is 7.80. The van der Waals surface area contributed by atoms with Crippen molar-refractivity contribution in [3.05, 3.63) is 64.7 Å². The summed E-state index contributed by atoms with van der Waals surface area (Å²) in [5, 5.41) is 3.08. The summed E-state index contributed by atoms with van der Waals surface area (Å²) in [7, 11) is 0. The Hall–Kier alpha value is -2.64. The maximum atomic E-state index is 12.1. The minimum atomic E-state index is -0.391. The first-order chi connectivity index (χ1) is 12.5. The van der Waals surface area contributed by atoms with Crippen LogP contribution in [0.3, 0.4) is 0 Å². The molecule has 0 saturated heterocycles. The first-order valence-corrected chi connectivity index (χ1v) is 8.64. The van der Waals surface area contributed by atoms with Crippen molar-refractivity contribution in [2.24, 2.45) is 0 Å². The number of carbonyl (C=O) groups is 2. The molecule has 6 nitrogen and oxygen atoms in total. The third kappa shape index (κ3) is 6.34. The van der Waals surface area contributed by atoms with E-state index in [9.17, 15) is 9.59 Å². The molecule has 0 aliphatic heterocycles. The molecule has 2 amide bonds. The number of carbonyl (C=O) groups excluding carboxylic acids is 2. The van der Waals surface area contributed by atoms with E-state index in [2.05, 4.69) is 16.2 Å². The van der Waals surface area contributed by atoms with Gasteiger partial charge in [0.1, 0.15) is 5.75 Å². The summed E-state index contributed by atoms with van der Waals surface area (Å²) in [6.45, 7) is 2.43. The van der Waals surface area contributed by atoms with Gasteiger partial charge in [-0.2, -0.15) is 0 Å². The fraction of sp³-hybridized carbons (Fsp3) is 0.167. The molecule has 2 aromatic carbocycles. The van der Waals surface area contributed by atoms with Crippen LogP contribution in [0.4, 0.5) is 0 Å². The highest BCUT2D eigenvalue weighted by atomic mass is 35.5. The van der Waals surface area contributed by atoms with Crippen molar-refractivity contribution in [3.63, 3.8) is 0 Å². The SMILES string of the molecule is CCOc1ccc(C(=O)NC(=S)NNC(=O)Cc2ccc(Cl)cc2)cc1. The van der Waals surface area contributed by atoms with Gasteiger partial charge in [-0.15, -0.1) is 0 Å². The molecule has 0 aliphatic rings. The molecule has 26 heavy (non-hydrogen) atoms. The molecule has 0 atom stereocenters. The van der Waals surface area contributed by atoms with E-state index in [-0.39, 0.29) is 17.4 Å². The molecule has 0 radical (unpaired) electrons. The second kappa shape index (κ2) is 9.74. The Bertz CT molecular complexity index is 779. The van der Waals surface area contributed by atoms with Crippen LogP contribution in [-0.4, -0.2) is 23.5 Å². The Labute approximate surface area is 161 Å². The van der Waals surface area contributed by atoms with Crippen LogP contribution < -0.4 is 20.9 Å². The van der Waals surface area contributed by atoms with Gasteiger partial charge in [-0.1, -0.05) is 23.7 Å². The number of rotatable bonds is 5. The molecule has 0 aromatic heterocycles. The molecule has 2 aromatic rings. The monoisotopic (exact) mass is 391 g/mol. The summed E-state index contributed by atoms with van der Waals surface area (Å²) in [6.07, 6.45) is 0.152. The van der Waals surface area contributed by atoms with Crippen molar-refractivity contribution in [2.45, 2.75) is 13.3 Å². The molecule has 136 valence electrons. The van der Waals surface area contributed by atoms with Crippen LogP contribution >= 0.6 is 23.8 Å². The number of nitrogens with one attached hydrogen (secondary N) is 3. The summed E-state index contributed by atoms with van der Waals surface area (Å²) < 4.78 is 5.32. The lowest BCUT2D eigenvalue weighted by Gasteiger charge is -2.11. The fourth-order valence-corrected chi connectivity index (χ4v) is 2.30. The zero-order chi connectivity index (χ0) is 18.9. The zero-order valence-electron chi connectivity index (χ0n) is 14.0. The second-order valence-electron chi connectivity index (χ2n) is 5.22. The summed E-state index contributed by atoms with van der Waals surface area (Å²) >= 11 is 10.8. The number of ether oxygens (including phenoxy) is 1. The van der Waals surface area contributed by atoms with E-state index in [1.807, 2.05) is 6.92 Å². The summed E-state index contributed by atoms with van der Waals surface area (Å²) in [6, 6.07) is 13.6. The Morgan fingerprint density at radius 2 is 1.69 bits per heavy atom. The molecule has 3 N–H and O–H groups in total. The Morgan fingerprint density at radius 3 is 2.31 bits per heavy atom. The molecule has 0 unspecified atom stereocenters. The average Bonchev–Trinajstić information content (AvgIpc) is 2.63. The van der Waals surface area contributed by atoms with Crippen molar-refractivity contribution >= 4 is 40.7 Å². The highest BCUT2D eigenvalue weighted by Crippen LogP contribution is 2.12. The molecular formula is C18H18ClN3O3S. The summed E-state index contributed by atoms with van der Waals surface area (Å²) in [4.78, 5) is 24.0. The normalized spacial score (nSPS) is 9.92. The second-order valence-corrected chi connectivity index (χ2v) is 6.06. The van der Waals surface area contributed by atoms with Gasteiger partial charge in [0.2, 0.25) is 5.91 Å². The molecule has 2 rings (SSSR count). The molecule has 0 fully saturated rings. The van der Waals surface area contributed by atoms with E-state index in [0.29, 0.717) is 22.9 Å². The van der Waals surface area contributed by atoms with Crippen LogP contribution in [0.1, 0.15) is 22.8 Å². The van der Waals surface area contributed by atoms with E-state index in [1.165, 1.54) is 0 Å². The first kappa shape index (κ1) is 19.7. The van der Waals surface area contributed by atoms with Gasteiger partial charge in [-0.3, -0.25) is 25.8 Å². The summed E-state index contributed by atoms with van der Waals surface area (Å²) in [5.74, 6) is -0.0123. The minimum Gasteiger partial charge on any atom is -0.494 e. The van der Waals surface area contributed by atoms with Crippen molar-refractivity contribution in [2.75, 3.05) is 6.61 Å². The van der Waals surface area contributed by atoms with E-state index in [1.54, 1.807) is 48.5 Å². The van der Waals surface area contributed by atoms with Gasteiger partial charge in [0.15, 0.2) is 5.11 Å². The zero-order valence-corrected chi connectivity index (χ0v) is 15.6. The van der Waals surface area contributed by atoms with Crippen molar-refractivity contribution in [3.8, 4) is 5.75 Å². The van der Waals surface area contributed by atoms with Gasteiger partial charge in [0.05, 0.1) is 13.0 Å². The smallest absolute Gasteiger partial charge is 0.257 e. The topological polar surface area (TPSA) is 79.5 Å². The van der Waals surface area contributed by atoms with E-state index in [4.69, 9.17) is 28.6 Å². The van der Waals surface area contributed by atoms with Gasteiger partial charge < -0.3 is 4.74 Å². The number of halogens is 1. The van der Waals surface area contributed by atoms with Crippen LogP contribution in [-0.2, 0) is 11.2 Å². The number of hydrogen-bond acceptors (Lipinski definition) is 4. The van der Waals surface area contributed by atoms with Crippen LogP contribution in [0.5, 0.6) is 5.75 Å². The van der Waals surface area contributed by atoms with E-state index in [0.717, 1.165) is 5.56 Å². The Balaban J connectivity index is 1.77. The Kier molecular flexibility index (Phi) is 7.37. The van der Waals surface area contributed by atoms with E-state index >= 15 is 0 Å². The fourth-order valence-electron chi connectivity index (χ4n) is 2.03. The standard InChI is InChI=1S/C18H18ClN3O3S/c1-2-25-15-9-5-13(6-10-15)17(24)20-18(26)22-21-16(23)11-12-3-7-14(19)8-4-12/h3-10H,2,11H2,1H3,(H,21,23)(H2,20,22,24,26). The predicted molar refractivity (Wildman–Crippen MR) is 104 cm³/mol. The molecule has 0 aliphatic carbocycles. The van der Waals surface area contributed by atoms with Crippen molar-refractivity contribution in [1.82, 2.24) is 16.2 Å². The average molecular weight is 392 g/mol. The predicted octanol–water partition coefficient (Wildman–Crippen LogP) is 2.62. The number of hydrogen-bond donors (Lipinski definition) is 3. The van der Waals surface area contributed by atoms with Crippen LogP contribution in [0.2, 0.25) is 5.02 Å². The van der Waals surface area contributed by atoms with Crippen LogP contribution in [0, 0.1) is 0 Å². The Morgan fingerprint density at radius 1 is 1.04 bits per heavy atom. The van der Waals surface area contributed by atoms with Gasteiger partial charge in [-0.25, -0.2) is 0 Å². The molecule has 8 heteroatoms. The lowest BCUT2D eigenvalue weighted by Crippen LogP contribution is -2.48. The third-order valence-electron chi connectivity index (χ3n) is 3.25. The highest BCUT2D eigenvalue weighted by Gasteiger charge is 2.09. The molecule has 0 heterocycles. The van der Waals surface area contributed by atoms with Crippen molar-refractivity contribution < 1.29 is 14.3 Å². The van der Waals surface area contributed by atoms with Crippen molar-refractivity contribution in [1.29, 1.82) is 0 Å². The lowest BCUT2D eigenvalue weighted by atomic mass is 10.1. The minimum absolute atomic E-state index is 0.00617. The number of hydrazine groups is 1. The molecule has 0 saturated carbocycles. The molecule has 0 spiro atoms. The maximum Gasteiger partial charge on any atom is 0.257 e. The third-order valence-corrected chi connectivity index (χ3v) is 3.70. The molecular weight excluding hydrogens is 374 g/mol. The molecule has 0 bridgehead atoms. The van der Waals surface area contributed by atoms with Crippen LogP contribution in [0.25, 0.3) is 0 Å².